The molecule has 0 aromatic heterocycles. The van der Waals surface area contributed by atoms with Gasteiger partial charge in [0.15, 0.2) is 0 Å². The maximum atomic E-state index is 12.0. The van der Waals surface area contributed by atoms with Crippen LogP contribution in [0.2, 0.25) is 20.1 Å². The van der Waals surface area contributed by atoms with Gasteiger partial charge >= 0.3 is 35.8 Å². The fraction of sp³-hybridized carbons (Fsp3) is 0.460. The number of halogens is 4. The van der Waals surface area contributed by atoms with Crippen molar-refractivity contribution in [3.8, 4) is 0 Å². The van der Waals surface area contributed by atoms with Crippen molar-refractivity contribution in [1.29, 1.82) is 0 Å². The summed E-state index contributed by atoms with van der Waals surface area (Å²) in [5.41, 5.74) is 11.7. The van der Waals surface area contributed by atoms with Crippen molar-refractivity contribution >= 4 is 122 Å². The van der Waals surface area contributed by atoms with E-state index in [4.69, 9.17) is 74.8 Å². The molecule has 3 rings (SSSR count). The predicted octanol–water partition coefficient (Wildman–Crippen LogP) is 11.4. The number of benzene rings is 3. The van der Waals surface area contributed by atoms with Crippen LogP contribution in [-0.2, 0) is 57.2 Å². The van der Waals surface area contributed by atoms with Crippen molar-refractivity contribution in [1.82, 2.24) is 0 Å². The molecule has 0 bridgehead atoms. The summed E-state index contributed by atoms with van der Waals surface area (Å²) in [6.07, 6.45) is 2.57. The maximum absolute atomic E-state index is 12.0. The molecule has 0 radical (unpaired) electrons. The number of nitro benzene ring substituents is 1. The molecule has 0 spiro atoms. The van der Waals surface area contributed by atoms with Gasteiger partial charge in [0.25, 0.3) is 5.69 Å². The van der Waals surface area contributed by atoms with E-state index in [1.807, 2.05) is 26.0 Å². The second kappa shape index (κ2) is 38.1. The Kier molecular flexibility index (Phi) is 33.7. The van der Waals surface area contributed by atoms with Gasteiger partial charge in [-0.25, -0.2) is 14.4 Å². The second-order valence-electron chi connectivity index (χ2n) is 15.1. The first-order valence-electron chi connectivity index (χ1n) is 23.9. The average Bonchev–Trinajstić information content (AvgIpc) is 3.35. The molecule has 3 aromatic rings. The molecule has 412 valence electrons. The van der Waals surface area contributed by atoms with Crippen LogP contribution in [0.5, 0.6) is 0 Å². The zero-order chi connectivity index (χ0) is 56.3. The first-order chi connectivity index (χ1) is 35.7. The molecule has 3 N–H and O–H groups in total. The first-order valence-corrected chi connectivity index (χ1v) is 25.4. The van der Waals surface area contributed by atoms with Gasteiger partial charge in [0, 0.05) is 30.4 Å². The van der Waals surface area contributed by atoms with Crippen LogP contribution in [0.3, 0.4) is 0 Å². The number of ether oxygens (including phenoxy) is 6. The number of carbonyl (C=O) groups is 6. The lowest BCUT2D eigenvalue weighted by Gasteiger charge is -2.09. The van der Waals surface area contributed by atoms with E-state index in [0.29, 0.717) is 66.7 Å². The molecule has 0 atom stereocenters. The molecule has 0 saturated carbocycles. The molecule has 25 heteroatoms. The Morgan fingerprint density at radius 3 is 1.27 bits per heavy atom. The van der Waals surface area contributed by atoms with Crippen LogP contribution < -0.4 is 16.3 Å². The molecule has 0 fully saturated rings. The van der Waals surface area contributed by atoms with E-state index in [-0.39, 0.29) is 109 Å². The lowest BCUT2D eigenvalue weighted by molar-refractivity contribution is -0.384. The molecule has 21 nitrogen and oxygen atoms in total. The normalized spacial score (nSPS) is 11.1. The number of hydrazone groups is 3. The van der Waals surface area contributed by atoms with Crippen molar-refractivity contribution in [3.05, 3.63) is 89.9 Å². The third-order valence-electron chi connectivity index (χ3n) is 9.29. The van der Waals surface area contributed by atoms with Crippen LogP contribution in [0.1, 0.15) is 110 Å². The number of nitrogens with zero attached hydrogens (tertiary/aromatic N) is 4. The minimum atomic E-state index is -0.666. The minimum absolute atomic E-state index is 0.00424. The predicted molar refractivity (Wildman–Crippen MR) is 290 cm³/mol. The lowest BCUT2D eigenvalue weighted by Crippen LogP contribution is -2.19. The number of aryl methyl sites for hydroxylation is 2. The Bertz CT molecular complexity index is 2470. The third kappa shape index (κ3) is 27.5. The Hall–Kier alpha value is -6.55. The standard InChI is InChI=1S/2C17H23ClN2O4.C16H19Cl2N3O6/c1-4-23-16(21)8-6-7-15(17(22)24-5-2)20-19-13-9-10-14(18)12(3)11-13;1-4-23-16(21)8-6-7-15(17(22)24-5-2)20-19-14-10-9-12(3)11-13(14)18;1-3-26-15(22)7-5-6-12(16(23)27-4-2)19-20-13-8-11(18)14(21(24)25)9-10(13)17/h2*9-11,19H,4-8H2,1-3H3;8-9,20H,3-7H2,1-2H3/b2*20-15+;19-12+. The van der Waals surface area contributed by atoms with E-state index in [2.05, 4.69) is 31.6 Å². The lowest BCUT2D eigenvalue weighted by atomic mass is 10.1. The van der Waals surface area contributed by atoms with Crippen molar-refractivity contribution in [3.63, 3.8) is 0 Å². The largest absolute Gasteiger partial charge is 0.466 e. The number of esters is 6. The highest BCUT2D eigenvalue weighted by atomic mass is 35.5. The van der Waals surface area contributed by atoms with Gasteiger partial charge in [-0.15, -0.1) is 0 Å². The monoisotopic (exact) mass is 1130 g/mol. The van der Waals surface area contributed by atoms with Crippen molar-refractivity contribution in [2.24, 2.45) is 15.3 Å². The Balaban J connectivity index is 0.000000564. The molecule has 0 saturated heterocycles. The van der Waals surface area contributed by atoms with E-state index < -0.39 is 22.8 Å². The molecule has 0 aliphatic heterocycles. The second-order valence-corrected chi connectivity index (χ2v) is 16.8. The molecule has 75 heavy (non-hydrogen) atoms. The third-order valence-corrected chi connectivity index (χ3v) is 10.6. The Morgan fingerprint density at radius 1 is 0.480 bits per heavy atom. The number of anilines is 3. The Labute approximate surface area is 456 Å². The molecule has 0 unspecified atom stereocenters. The number of nitrogens with one attached hydrogen (secondary N) is 3. The van der Waals surface area contributed by atoms with Crippen LogP contribution >= 0.6 is 46.4 Å². The number of rotatable bonds is 28. The van der Waals surface area contributed by atoms with Gasteiger partial charge < -0.3 is 28.4 Å². The van der Waals surface area contributed by atoms with Crippen molar-refractivity contribution in [2.75, 3.05) is 55.9 Å². The highest BCUT2D eigenvalue weighted by Crippen LogP contribution is 2.34. The molecular formula is C50H65Cl4N7O14. The summed E-state index contributed by atoms with van der Waals surface area (Å²) in [6.45, 7) is 15.7. The van der Waals surface area contributed by atoms with Crippen LogP contribution in [0.25, 0.3) is 0 Å². The zero-order valence-electron chi connectivity index (χ0n) is 43.2. The fourth-order valence-electron chi connectivity index (χ4n) is 5.73. The number of hydrogen-bond acceptors (Lipinski definition) is 20. The van der Waals surface area contributed by atoms with Crippen LogP contribution in [0.4, 0.5) is 22.7 Å². The number of carbonyl (C=O) groups excluding carboxylic acids is 6. The molecule has 0 amide bonds. The summed E-state index contributed by atoms with van der Waals surface area (Å²) in [6, 6.07) is 13.1. The summed E-state index contributed by atoms with van der Waals surface area (Å²) in [7, 11) is 0. The molecule has 3 aromatic carbocycles. The summed E-state index contributed by atoms with van der Waals surface area (Å²) in [4.78, 5) is 80.2. The first kappa shape index (κ1) is 66.5. The summed E-state index contributed by atoms with van der Waals surface area (Å²) < 4.78 is 29.5. The SMILES string of the molecule is CCOC(=O)CCC/C(=N\Nc1cc(Cl)c([N+](=O)[O-])cc1Cl)C(=O)OCC.CCOC(=O)CCC/C(=N\Nc1ccc(C)cc1Cl)C(=O)OCC.CCOC(=O)CCC/C(=N\Nc1ccc(Cl)c(C)c1)C(=O)OCC. The summed E-state index contributed by atoms with van der Waals surface area (Å²) >= 11 is 23.9. The van der Waals surface area contributed by atoms with E-state index >= 15 is 0 Å². The number of hydrogen-bond donors (Lipinski definition) is 3. The van der Waals surface area contributed by atoms with Crippen LogP contribution in [0, 0.1) is 24.0 Å². The van der Waals surface area contributed by atoms with Crippen LogP contribution in [0.15, 0.2) is 63.8 Å². The Morgan fingerprint density at radius 2 is 0.880 bits per heavy atom. The maximum Gasteiger partial charge on any atom is 0.354 e. The fourth-order valence-corrected chi connectivity index (χ4v) is 6.56. The van der Waals surface area contributed by atoms with Gasteiger partial charge in [-0.3, -0.25) is 40.8 Å². The highest BCUT2D eigenvalue weighted by Gasteiger charge is 2.19. The van der Waals surface area contributed by atoms with E-state index in [1.165, 1.54) is 6.07 Å². The van der Waals surface area contributed by atoms with Gasteiger partial charge in [0.1, 0.15) is 22.2 Å². The molecular weight excluding hydrogens is 1060 g/mol. The van der Waals surface area contributed by atoms with Crippen molar-refractivity contribution in [2.45, 2.75) is 113 Å². The smallest absolute Gasteiger partial charge is 0.354 e. The van der Waals surface area contributed by atoms with Gasteiger partial charge in [0.2, 0.25) is 0 Å². The summed E-state index contributed by atoms with van der Waals surface area (Å²) in [5.74, 6) is -2.63. The zero-order valence-corrected chi connectivity index (χ0v) is 46.3. The van der Waals surface area contributed by atoms with Gasteiger partial charge in [-0.2, -0.15) is 15.3 Å². The van der Waals surface area contributed by atoms with E-state index in [1.54, 1.807) is 65.8 Å². The molecule has 0 aliphatic carbocycles. The van der Waals surface area contributed by atoms with E-state index in [0.717, 1.165) is 17.2 Å². The van der Waals surface area contributed by atoms with Gasteiger partial charge in [-0.1, -0.05) is 52.5 Å². The van der Waals surface area contributed by atoms with Crippen molar-refractivity contribution < 1.29 is 62.1 Å². The van der Waals surface area contributed by atoms with Gasteiger partial charge in [0.05, 0.1) is 71.7 Å². The van der Waals surface area contributed by atoms with Gasteiger partial charge in [-0.05, 0) is 141 Å². The molecule has 0 heterocycles. The average molecular weight is 1130 g/mol. The number of nitro groups is 1. The minimum Gasteiger partial charge on any atom is -0.466 e. The van der Waals surface area contributed by atoms with Crippen LogP contribution in [-0.4, -0.2) is 97.5 Å². The quantitative estimate of drug-likeness (QED) is 0.0200. The summed E-state index contributed by atoms with van der Waals surface area (Å²) in [5, 5.41) is 24.1. The van der Waals surface area contributed by atoms with E-state index in [9.17, 15) is 38.9 Å². The highest BCUT2D eigenvalue weighted by molar-refractivity contribution is 6.38. The molecule has 0 aliphatic rings. The topological polar surface area (TPSA) is 274 Å².